The van der Waals surface area contributed by atoms with Crippen molar-refractivity contribution in [2.45, 2.75) is 25.4 Å². The number of nitrogens with zero attached hydrogens (tertiary/aromatic N) is 2. The number of hydrogen-bond donors (Lipinski definition) is 0. The lowest BCUT2D eigenvalue weighted by molar-refractivity contribution is -0.207. The second kappa shape index (κ2) is 2.70. The summed E-state index contributed by atoms with van der Waals surface area (Å²) in [5.41, 5.74) is -0.147. The van der Waals surface area contributed by atoms with Crippen LogP contribution in [0.15, 0.2) is 0 Å². The van der Waals surface area contributed by atoms with Gasteiger partial charge in [-0.05, 0) is 19.9 Å². The number of fused-ring (bicyclic) bond motifs is 3. The fourth-order valence-corrected chi connectivity index (χ4v) is 3.10. The zero-order valence-electron chi connectivity index (χ0n) is 8.53. The first kappa shape index (κ1) is 8.68. The number of piperidine rings is 1. The standard InChI is InChI=1S/C10H16N2O2/c1-2-12-9(13)5-10(14-12)7-11-4-3-8(10)6-11/h8H,2-7H2,1H3. The first-order valence-corrected chi connectivity index (χ1v) is 5.45. The highest BCUT2D eigenvalue weighted by Gasteiger charge is 2.57. The molecule has 0 N–H and O–H groups in total. The topological polar surface area (TPSA) is 32.8 Å². The zero-order valence-corrected chi connectivity index (χ0v) is 8.53. The number of hydrogen-bond acceptors (Lipinski definition) is 3. The van der Waals surface area contributed by atoms with Gasteiger partial charge in [-0.2, -0.15) is 0 Å². The lowest BCUT2D eigenvalue weighted by atomic mass is 9.85. The quantitative estimate of drug-likeness (QED) is 0.602. The van der Waals surface area contributed by atoms with E-state index in [9.17, 15) is 4.79 Å². The predicted molar refractivity (Wildman–Crippen MR) is 50.4 cm³/mol. The van der Waals surface area contributed by atoms with Gasteiger partial charge in [-0.1, -0.05) is 0 Å². The Morgan fingerprint density at radius 2 is 2.50 bits per heavy atom. The summed E-state index contributed by atoms with van der Waals surface area (Å²) in [6.07, 6.45) is 1.80. The minimum atomic E-state index is -0.147. The molecule has 3 aliphatic heterocycles. The Morgan fingerprint density at radius 3 is 3.00 bits per heavy atom. The van der Waals surface area contributed by atoms with Crippen molar-refractivity contribution in [3.8, 4) is 0 Å². The van der Waals surface area contributed by atoms with Gasteiger partial charge in [-0.15, -0.1) is 0 Å². The first-order chi connectivity index (χ1) is 6.73. The zero-order chi connectivity index (χ0) is 9.76. The minimum absolute atomic E-state index is 0.147. The van der Waals surface area contributed by atoms with Crippen LogP contribution in [-0.2, 0) is 9.63 Å². The van der Waals surface area contributed by atoms with Crippen LogP contribution in [0.25, 0.3) is 0 Å². The molecule has 3 saturated heterocycles. The third-order valence-electron chi connectivity index (χ3n) is 3.82. The molecule has 3 fully saturated rings. The van der Waals surface area contributed by atoms with Crippen molar-refractivity contribution < 1.29 is 9.63 Å². The first-order valence-electron chi connectivity index (χ1n) is 5.45. The van der Waals surface area contributed by atoms with Crippen LogP contribution in [0.1, 0.15) is 19.8 Å². The highest BCUT2D eigenvalue weighted by Crippen LogP contribution is 2.45. The third kappa shape index (κ3) is 0.982. The van der Waals surface area contributed by atoms with Gasteiger partial charge in [0.05, 0.1) is 6.42 Å². The van der Waals surface area contributed by atoms with Crippen LogP contribution in [0.5, 0.6) is 0 Å². The number of hydroxylamine groups is 2. The van der Waals surface area contributed by atoms with Gasteiger partial charge < -0.3 is 0 Å². The summed E-state index contributed by atoms with van der Waals surface area (Å²) in [5, 5.41) is 1.54. The molecule has 0 aliphatic carbocycles. The fraction of sp³-hybridized carbons (Fsp3) is 0.900. The molecule has 3 rings (SSSR count). The maximum Gasteiger partial charge on any atom is 0.249 e. The molecule has 3 atom stereocenters. The van der Waals surface area contributed by atoms with Gasteiger partial charge in [0.1, 0.15) is 5.60 Å². The van der Waals surface area contributed by atoms with Crippen molar-refractivity contribution in [1.82, 2.24) is 9.96 Å². The average molecular weight is 196 g/mol. The molecule has 0 saturated carbocycles. The van der Waals surface area contributed by atoms with Gasteiger partial charge >= 0.3 is 0 Å². The van der Waals surface area contributed by atoms with Crippen molar-refractivity contribution in [1.29, 1.82) is 0 Å². The van der Waals surface area contributed by atoms with Crippen LogP contribution >= 0.6 is 0 Å². The Bertz CT molecular complexity index is 281. The summed E-state index contributed by atoms with van der Waals surface area (Å²) in [4.78, 5) is 19.9. The monoisotopic (exact) mass is 196 g/mol. The Morgan fingerprint density at radius 1 is 1.64 bits per heavy atom. The highest BCUT2D eigenvalue weighted by molar-refractivity contribution is 5.78. The van der Waals surface area contributed by atoms with E-state index in [2.05, 4.69) is 4.90 Å². The molecule has 1 amide bonds. The van der Waals surface area contributed by atoms with E-state index >= 15 is 0 Å². The van der Waals surface area contributed by atoms with Crippen LogP contribution in [0.3, 0.4) is 0 Å². The summed E-state index contributed by atoms with van der Waals surface area (Å²) in [7, 11) is 0. The van der Waals surface area contributed by atoms with Gasteiger partial charge in [-0.25, -0.2) is 5.06 Å². The molecule has 4 heteroatoms. The summed E-state index contributed by atoms with van der Waals surface area (Å²) < 4.78 is 0. The van der Waals surface area contributed by atoms with Gasteiger partial charge in [0.15, 0.2) is 0 Å². The molecule has 14 heavy (non-hydrogen) atoms. The van der Waals surface area contributed by atoms with E-state index in [-0.39, 0.29) is 11.5 Å². The number of amides is 1. The lowest BCUT2D eigenvalue weighted by Crippen LogP contribution is -2.43. The van der Waals surface area contributed by atoms with E-state index in [0.717, 1.165) is 13.1 Å². The molecule has 3 aliphatic rings. The maximum absolute atomic E-state index is 11.6. The van der Waals surface area contributed by atoms with E-state index in [1.54, 1.807) is 5.06 Å². The SMILES string of the molecule is CCN1OC2(CC1=O)CN1CCC2C1. The second-order valence-electron chi connectivity index (χ2n) is 4.64. The second-order valence-corrected chi connectivity index (χ2v) is 4.64. The number of rotatable bonds is 1. The normalized spacial score (nSPS) is 45.8. The lowest BCUT2D eigenvalue weighted by Gasteiger charge is -2.31. The molecule has 0 aromatic rings. The average Bonchev–Trinajstić information content (AvgIpc) is 2.80. The summed E-state index contributed by atoms with van der Waals surface area (Å²) in [5.74, 6) is 0.754. The molecular weight excluding hydrogens is 180 g/mol. The minimum Gasteiger partial charge on any atom is -0.300 e. The van der Waals surface area contributed by atoms with Gasteiger partial charge in [-0.3, -0.25) is 14.5 Å². The highest BCUT2D eigenvalue weighted by atomic mass is 16.7. The molecule has 0 aromatic heterocycles. The fourth-order valence-electron chi connectivity index (χ4n) is 3.10. The van der Waals surface area contributed by atoms with Gasteiger partial charge in [0.2, 0.25) is 5.91 Å². The summed E-state index contributed by atoms with van der Waals surface area (Å²) in [6.45, 7) is 5.92. The van der Waals surface area contributed by atoms with Crippen LogP contribution in [0.2, 0.25) is 0 Å². The molecule has 4 nitrogen and oxygen atoms in total. The predicted octanol–water partition coefficient (Wildman–Crippen LogP) is 0.244. The molecule has 1 spiro atoms. The van der Waals surface area contributed by atoms with E-state index in [1.165, 1.54) is 13.0 Å². The maximum atomic E-state index is 11.6. The number of carbonyl (C=O) groups is 1. The van der Waals surface area contributed by atoms with Crippen LogP contribution in [0.4, 0.5) is 0 Å². The molecule has 3 unspecified atom stereocenters. The Balaban J connectivity index is 1.83. The van der Waals surface area contributed by atoms with Crippen LogP contribution in [0, 0.1) is 5.92 Å². The smallest absolute Gasteiger partial charge is 0.249 e. The number of carbonyl (C=O) groups excluding carboxylic acids is 1. The molecule has 2 bridgehead atoms. The Hall–Kier alpha value is -0.610. The van der Waals surface area contributed by atoms with Crippen molar-refractivity contribution >= 4 is 5.91 Å². The molecule has 3 heterocycles. The molecular formula is C10H16N2O2. The Labute approximate surface area is 83.8 Å². The summed E-state index contributed by atoms with van der Waals surface area (Å²) in [6, 6.07) is 0. The molecule has 0 radical (unpaired) electrons. The van der Waals surface area contributed by atoms with Gasteiger partial charge in [0.25, 0.3) is 0 Å². The van der Waals surface area contributed by atoms with Crippen LogP contribution < -0.4 is 0 Å². The van der Waals surface area contributed by atoms with Crippen molar-refractivity contribution in [3.63, 3.8) is 0 Å². The van der Waals surface area contributed by atoms with Crippen molar-refractivity contribution in [3.05, 3.63) is 0 Å². The van der Waals surface area contributed by atoms with E-state index < -0.39 is 0 Å². The Kier molecular flexibility index (Phi) is 1.67. The van der Waals surface area contributed by atoms with Gasteiger partial charge in [0, 0.05) is 25.6 Å². The molecule has 0 aromatic carbocycles. The van der Waals surface area contributed by atoms with Crippen LogP contribution in [-0.4, -0.2) is 47.7 Å². The van der Waals surface area contributed by atoms with E-state index in [1.807, 2.05) is 6.92 Å². The van der Waals surface area contributed by atoms with E-state index in [4.69, 9.17) is 4.84 Å². The third-order valence-corrected chi connectivity index (χ3v) is 3.82. The van der Waals surface area contributed by atoms with Crippen molar-refractivity contribution in [2.75, 3.05) is 26.2 Å². The van der Waals surface area contributed by atoms with E-state index in [0.29, 0.717) is 18.9 Å². The summed E-state index contributed by atoms with van der Waals surface area (Å²) >= 11 is 0. The largest absolute Gasteiger partial charge is 0.300 e. The molecule has 78 valence electrons. The van der Waals surface area contributed by atoms with Crippen molar-refractivity contribution in [2.24, 2.45) is 5.92 Å².